The van der Waals surface area contributed by atoms with Gasteiger partial charge < -0.3 is 24.3 Å². The van der Waals surface area contributed by atoms with Crippen molar-refractivity contribution in [3.8, 4) is 0 Å². The van der Waals surface area contributed by atoms with Crippen molar-refractivity contribution in [3.05, 3.63) is 0 Å². The fraction of sp³-hybridized carbons (Fsp3) is 0.950. The van der Waals surface area contributed by atoms with Gasteiger partial charge in [0.05, 0.1) is 18.2 Å². The van der Waals surface area contributed by atoms with E-state index in [2.05, 4.69) is 44.1 Å². The number of aliphatic hydroxyl groups excluding tert-OH is 1. The summed E-state index contributed by atoms with van der Waals surface area (Å²) in [6.45, 7) is 17.6. The molecule has 7 nitrogen and oxygen atoms in total. The van der Waals surface area contributed by atoms with Crippen LogP contribution in [-0.4, -0.2) is 79.6 Å². The summed E-state index contributed by atoms with van der Waals surface area (Å²) in [6, 6.07) is -0.0711. The molecular formula is C20H38N2O5Si. The lowest BCUT2D eigenvalue weighted by atomic mass is 10.0. The molecule has 0 aliphatic carbocycles. The molecule has 0 radical (unpaired) electrons. The summed E-state index contributed by atoms with van der Waals surface area (Å²) in [5, 5.41) is 13.9. The zero-order chi connectivity index (χ0) is 21.1. The van der Waals surface area contributed by atoms with Crippen LogP contribution in [0.3, 0.4) is 0 Å². The van der Waals surface area contributed by atoms with Crippen LogP contribution in [0.15, 0.2) is 0 Å². The minimum Gasteiger partial charge on any atom is -0.415 e. The number of rotatable bonds is 5. The molecule has 0 unspecified atom stereocenters. The number of carbonyl (C=O) groups excluding carboxylic acids is 1. The average Bonchev–Trinajstić information content (AvgIpc) is 3.09. The number of nitrogens with zero attached hydrogens (tertiary/aromatic N) is 1. The van der Waals surface area contributed by atoms with Gasteiger partial charge in [-0.3, -0.25) is 9.69 Å². The van der Waals surface area contributed by atoms with Crippen LogP contribution in [0, 0.1) is 0 Å². The van der Waals surface area contributed by atoms with Gasteiger partial charge in [-0.2, -0.15) is 0 Å². The highest BCUT2D eigenvalue weighted by Gasteiger charge is 2.63. The predicted molar refractivity (Wildman–Crippen MR) is 109 cm³/mol. The lowest BCUT2D eigenvalue weighted by Gasteiger charge is -2.39. The molecule has 3 aliphatic rings. The Morgan fingerprint density at radius 2 is 1.89 bits per heavy atom. The second-order valence-corrected chi connectivity index (χ2v) is 15.3. The summed E-state index contributed by atoms with van der Waals surface area (Å²) in [5.74, 6) is -0.738. The van der Waals surface area contributed by atoms with Crippen LogP contribution >= 0.6 is 0 Å². The van der Waals surface area contributed by atoms with Crippen molar-refractivity contribution in [2.45, 2.75) is 108 Å². The molecule has 8 heteroatoms. The second-order valence-electron chi connectivity index (χ2n) is 10.5. The number of amides is 1. The number of aliphatic hydroxyl groups is 1. The summed E-state index contributed by atoms with van der Waals surface area (Å²) >= 11 is 0. The van der Waals surface area contributed by atoms with Gasteiger partial charge in [0.1, 0.15) is 12.2 Å². The number of nitrogens with one attached hydrogen (secondary N) is 1. The molecule has 3 fully saturated rings. The smallest absolute Gasteiger partial charge is 0.216 e. The lowest BCUT2D eigenvalue weighted by molar-refractivity contribution is -0.170. The molecule has 0 aromatic heterocycles. The molecule has 6 atom stereocenters. The minimum absolute atomic E-state index is 0.0363. The third-order valence-corrected chi connectivity index (χ3v) is 11.4. The van der Waals surface area contributed by atoms with E-state index in [0.29, 0.717) is 19.6 Å². The Labute approximate surface area is 170 Å². The average molecular weight is 415 g/mol. The van der Waals surface area contributed by atoms with Crippen molar-refractivity contribution in [1.29, 1.82) is 0 Å². The highest BCUT2D eigenvalue weighted by Crippen LogP contribution is 2.47. The van der Waals surface area contributed by atoms with E-state index in [0.717, 1.165) is 0 Å². The van der Waals surface area contributed by atoms with Gasteiger partial charge in [0.25, 0.3) is 0 Å². The summed E-state index contributed by atoms with van der Waals surface area (Å²) < 4.78 is 18.9. The number of ether oxygens (including phenoxy) is 2. The topological polar surface area (TPSA) is 80.3 Å². The van der Waals surface area contributed by atoms with Crippen LogP contribution in [0.25, 0.3) is 0 Å². The van der Waals surface area contributed by atoms with Gasteiger partial charge in [-0.15, -0.1) is 0 Å². The fourth-order valence-electron chi connectivity index (χ4n) is 4.56. The molecule has 2 N–H and O–H groups in total. The predicted octanol–water partition coefficient (Wildman–Crippen LogP) is 1.85. The molecule has 0 aromatic rings. The number of carbonyl (C=O) groups is 1. The maximum absolute atomic E-state index is 11.6. The quantitative estimate of drug-likeness (QED) is 0.669. The number of hydrogen-bond donors (Lipinski definition) is 2. The zero-order valence-corrected chi connectivity index (χ0v) is 19.6. The standard InChI is InChI=1S/C20H38N2O5Si/c1-12(23)21-10-14-17-18(27-20(5,6)26-17)16-15(24)9-13(22(14)16)11-25-28(7,8)19(2,3)4/h13-18,24H,9-11H2,1-8H3,(H,21,23)/t13-,14-,15+,16-,17-,18+/m1/s1. The first kappa shape index (κ1) is 22.2. The van der Waals surface area contributed by atoms with Gasteiger partial charge in [0.15, 0.2) is 14.1 Å². The van der Waals surface area contributed by atoms with Crippen LogP contribution in [0.4, 0.5) is 0 Å². The van der Waals surface area contributed by atoms with E-state index < -0.39 is 20.2 Å². The molecule has 0 saturated carbocycles. The molecule has 28 heavy (non-hydrogen) atoms. The summed E-state index contributed by atoms with van der Waals surface area (Å²) in [4.78, 5) is 13.9. The molecule has 0 bridgehead atoms. The first-order chi connectivity index (χ1) is 12.7. The van der Waals surface area contributed by atoms with Crippen molar-refractivity contribution >= 4 is 14.2 Å². The Kier molecular flexibility index (Phi) is 5.80. The molecule has 3 heterocycles. The summed E-state index contributed by atoms with van der Waals surface area (Å²) in [6.07, 6.45) is -0.192. The molecule has 3 aliphatic heterocycles. The van der Waals surface area contributed by atoms with Crippen molar-refractivity contribution in [2.24, 2.45) is 0 Å². The Balaban J connectivity index is 1.79. The third-order valence-electron chi connectivity index (χ3n) is 6.94. The molecular weight excluding hydrogens is 376 g/mol. The van der Waals surface area contributed by atoms with E-state index >= 15 is 0 Å². The van der Waals surface area contributed by atoms with E-state index in [1.54, 1.807) is 0 Å². The summed E-state index contributed by atoms with van der Waals surface area (Å²) in [5.41, 5.74) is 0. The Morgan fingerprint density at radius 3 is 2.46 bits per heavy atom. The highest BCUT2D eigenvalue weighted by molar-refractivity contribution is 6.74. The van der Waals surface area contributed by atoms with E-state index in [4.69, 9.17) is 13.9 Å². The maximum atomic E-state index is 11.6. The van der Waals surface area contributed by atoms with E-state index in [9.17, 15) is 9.90 Å². The largest absolute Gasteiger partial charge is 0.415 e. The first-order valence-electron chi connectivity index (χ1n) is 10.4. The van der Waals surface area contributed by atoms with Crippen molar-refractivity contribution < 1.29 is 23.8 Å². The first-order valence-corrected chi connectivity index (χ1v) is 13.3. The van der Waals surface area contributed by atoms with Gasteiger partial charge in [-0.1, -0.05) is 20.8 Å². The Bertz CT molecular complexity index is 606. The highest BCUT2D eigenvalue weighted by atomic mass is 28.4. The SMILES string of the molecule is CC(=O)NC[C@@H]1[C@H]2OC(C)(C)O[C@H]2[C@H]2[C@@H](O)C[C@H](CO[Si](C)(C)C(C)(C)C)N21. The van der Waals surface area contributed by atoms with Crippen molar-refractivity contribution in [2.75, 3.05) is 13.2 Å². The Morgan fingerprint density at radius 1 is 1.29 bits per heavy atom. The number of hydrogen-bond acceptors (Lipinski definition) is 6. The summed E-state index contributed by atoms with van der Waals surface area (Å²) in [7, 11) is -1.89. The van der Waals surface area contributed by atoms with E-state index in [1.165, 1.54) is 6.92 Å². The van der Waals surface area contributed by atoms with E-state index in [-0.39, 0.29) is 41.3 Å². The van der Waals surface area contributed by atoms with Crippen LogP contribution < -0.4 is 5.32 Å². The lowest BCUT2D eigenvalue weighted by Crippen LogP contribution is -2.52. The zero-order valence-electron chi connectivity index (χ0n) is 18.6. The fourth-order valence-corrected chi connectivity index (χ4v) is 5.60. The molecule has 3 saturated heterocycles. The monoisotopic (exact) mass is 414 g/mol. The van der Waals surface area contributed by atoms with Gasteiger partial charge in [0.2, 0.25) is 5.91 Å². The normalized spacial score (nSPS) is 37.8. The second kappa shape index (κ2) is 7.32. The van der Waals surface area contributed by atoms with Gasteiger partial charge in [-0.25, -0.2) is 0 Å². The van der Waals surface area contributed by atoms with Crippen LogP contribution in [-0.2, 0) is 18.7 Å². The third kappa shape index (κ3) is 4.04. The van der Waals surface area contributed by atoms with Crippen LogP contribution in [0.1, 0.15) is 48.0 Å². The molecule has 3 rings (SSSR count). The van der Waals surface area contributed by atoms with Gasteiger partial charge in [-0.05, 0) is 38.4 Å². The van der Waals surface area contributed by atoms with Gasteiger partial charge in [0, 0.05) is 26.1 Å². The van der Waals surface area contributed by atoms with E-state index in [1.807, 2.05) is 13.8 Å². The minimum atomic E-state index is -1.89. The molecule has 0 aromatic carbocycles. The molecule has 162 valence electrons. The van der Waals surface area contributed by atoms with Crippen molar-refractivity contribution in [1.82, 2.24) is 10.2 Å². The maximum Gasteiger partial charge on any atom is 0.216 e. The molecule has 1 amide bonds. The molecule has 0 spiro atoms. The van der Waals surface area contributed by atoms with Crippen LogP contribution in [0.5, 0.6) is 0 Å². The van der Waals surface area contributed by atoms with Crippen LogP contribution in [0.2, 0.25) is 18.1 Å². The Hall–Kier alpha value is -0.513. The number of fused-ring (bicyclic) bond motifs is 3. The van der Waals surface area contributed by atoms with Gasteiger partial charge >= 0.3 is 0 Å². The van der Waals surface area contributed by atoms with Crippen molar-refractivity contribution in [3.63, 3.8) is 0 Å².